The maximum absolute atomic E-state index is 4.70. The largest absolute Gasteiger partial charge is 0.357 e. The highest BCUT2D eigenvalue weighted by Crippen LogP contribution is 2.32. The predicted molar refractivity (Wildman–Crippen MR) is 101 cm³/mol. The fraction of sp³-hybridized carbons (Fsp3) is 0.789. The van der Waals surface area contributed by atoms with Gasteiger partial charge in [0.05, 0.1) is 5.69 Å². The van der Waals surface area contributed by atoms with Crippen LogP contribution in [0.15, 0.2) is 6.20 Å². The molecule has 0 saturated heterocycles. The maximum atomic E-state index is 4.70. The minimum atomic E-state index is 0.166. The smallest absolute Gasteiger partial charge is 0.222 e. The first-order chi connectivity index (χ1) is 10.5. The van der Waals surface area contributed by atoms with Crippen molar-refractivity contribution in [3.05, 3.63) is 17.5 Å². The number of aromatic nitrogens is 2. The Morgan fingerprint density at radius 2 is 1.55 bits per heavy atom. The molecule has 0 amide bonds. The lowest BCUT2D eigenvalue weighted by Crippen LogP contribution is -2.24. The van der Waals surface area contributed by atoms with Crippen LogP contribution in [0, 0.1) is 0 Å². The molecule has 0 aliphatic carbocycles. The Kier molecular flexibility index (Phi) is 14.2. The zero-order chi connectivity index (χ0) is 17.6. The van der Waals surface area contributed by atoms with Gasteiger partial charge < -0.3 is 5.32 Å². The normalized spacial score (nSPS) is 10.0. The van der Waals surface area contributed by atoms with Crippen molar-refractivity contribution in [2.45, 2.75) is 92.9 Å². The van der Waals surface area contributed by atoms with Crippen molar-refractivity contribution in [2.24, 2.45) is 0 Å². The molecule has 0 aliphatic rings. The van der Waals surface area contributed by atoms with E-state index < -0.39 is 0 Å². The molecule has 0 aliphatic heterocycles. The summed E-state index contributed by atoms with van der Waals surface area (Å²) in [5.74, 6) is 0.730. The summed E-state index contributed by atoms with van der Waals surface area (Å²) in [5, 5.41) is 3.03. The first-order valence-corrected chi connectivity index (χ1v) is 9.06. The number of hydrogen-bond acceptors (Lipinski definition) is 3. The van der Waals surface area contributed by atoms with Crippen molar-refractivity contribution < 1.29 is 0 Å². The van der Waals surface area contributed by atoms with E-state index in [1.807, 2.05) is 27.1 Å². The highest BCUT2D eigenvalue weighted by atomic mass is 15.1. The van der Waals surface area contributed by atoms with Crippen LogP contribution >= 0.6 is 0 Å². The van der Waals surface area contributed by atoms with E-state index in [1.54, 1.807) is 0 Å². The van der Waals surface area contributed by atoms with E-state index >= 15 is 0 Å². The summed E-state index contributed by atoms with van der Waals surface area (Å²) < 4.78 is 0. The van der Waals surface area contributed by atoms with E-state index in [2.05, 4.69) is 51.8 Å². The lowest BCUT2D eigenvalue weighted by Gasteiger charge is -2.28. The average Bonchev–Trinajstić information content (AvgIpc) is 2.57. The zero-order valence-corrected chi connectivity index (χ0v) is 16.5. The van der Waals surface area contributed by atoms with E-state index in [4.69, 9.17) is 4.98 Å². The molecule has 0 radical (unpaired) electrons. The van der Waals surface area contributed by atoms with Gasteiger partial charge in [-0.3, -0.25) is 0 Å². The fourth-order valence-electron chi connectivity index (χ4n) is 2.09. The zero-order valence-electron chi connectivity index (χ0n) is 16.5. The molecule has 1 rings (SSSR count). The van der Waals surface area contributed by atoms with E-state index in [1.165, 1.54) is 17.7 Å². The van der Waals surface area contributed by atoms with Crippen molar-refractivity contribution in [2.75, 3.05) is 12.4 Å². The molecule has 0 unspecified atom stereocenters. The van der Waals surface area contributed by atoms with Crippen LogP contribution in [0.4, 0.5) is 5.95 Å². The first-order valence-electron chi connectivity index (χ1n) is 9.06. The second-order valence-electron chi connectivity index (χ2n) is 5.54. The van der Waals surface area contributed by atoms with Crippen molar-refractivity contribution in [3.63, 3.8) is 0 Å². The molecule has 0 fully saturated rings. The molecule has 0 bridgehead atoms. The predicted octanol–water partition coefficient (Wildman–Crippen LogP) is 5.99. The third kappa shape index (κ3) is 7.24. The van der Waals surface area contributed by atoms with Gasteiger partial charge >= 0.3 is 0 Å². The molecule has 130 valence electrons. The standard InChI is InChI=1S/C14H25N3.C3H8.C2H6/c1-6-9-11-10-16-13(15-5)17-12(11)14(4,7-2)8-3;1-3-2;1-2/h10H,6-9H2,1-5H3,(H,15,16,17);3H2,1-2H3;1-2H3. The van der Waals surface area contributed by atoms with Gasteiger partial charge in [0, 0.05) is 18.7 Å². The molecule has 0 saturated carbocycles. The molecular formula is C19H39N3. The van der Waals surface area contributed by atoms with E-state index in [0.717, 1.165) is 31.6 Å². The van der Waals surface area contributed by atoms with Crippen LogP contribution in [-0.4, -0.2) is 17.0 Å². The summed E-state index contributed by atoms with van der Waals surface area (Å²) in [5.41, 5.74) is 2.69. The molecule has 0 aromatic carbocycles. The van der Waals surface area contributed by atoms with Gasteiger partial charge in [0.1, 0.15) is 0 Å². The van der Waals surface area contributed by atoms with Crippen LogP contribution in [0.2, 0.25) is 0 Å². The van der Waals surface area contributed by atoms with Crippen LogP contribution in [0.5, 0.6) is 0 Å². The van der Waals surface area contributed by atoms with E-state index in [-0.39, 0.29) is 5.41 Å². The monoisotopic (exact) mass is 309 g/mol. The molecular weight excluding hydrogens is 270 g/mol. The first kappa shape index (κ1) is 23.2. The maximum Gasteiger partial charge on any atom is 0.222 e. The Morgan fingerprint density at radius 3 is 1.91 bits per heavy atom. The van der Waals surface area contributed by atoms with Crippen LogP contribution in [0.25, 0.3) is 0 Å². The Labute approximate surface area is 139 Å². The summed E-state index contributed by atoms with van der Waals surface area (Å²) in [6.07, 6.45) is 7.66. The fourth-order valence-corrected chi connectivity index (χ4v) is 2.09. The molecule has 1 heterocycles. The van der Waals surface area contributed by atoms with Gasteiger partial charge in [0.25, 0.3) is 0 Å². The number of aryl methyl sites for hydroxylation is 1. The molecule has 3 heteroatoms. The topological polar surface area (TPSA) is 37.8 Å². The van der Waals surface area contributed by atoms with E-state index in [0.29, 0.717) is 0 Å². The lowest BCUT2D eigenvalue weighted by molar-refractivity contribution is 0.421. The van der Waals surface area contributed by atoms with Gasteiger partial charge in [0.15, 0.2) is 0 Å². The van der Waals surface area contributed by atoms with Gasteiger partial charge in [-0.2, -0.15) is 0 Å². The van der Waals surface area contributed by atoms with Crippen LogP contribution < -0.4 is 5.32 Å². The number of hydrogen-bond donors (Lipinski definition) is 1. The van der Waals surface area contributed by atoms with Gasteiger partial charge in [-0.25, -0.2) is 9.97 Å². The highest BCUT2D eigenvalue weighted by molar-refractivity contribution is 5.33. The highest BCUT2D eigenvalue weighted by Gasteiger charge is 2.27. The number of rotatable bonds is 6. The quantitative estimate of drug-likeness (QED) is 0.701. The van der Waals surface area contributed by atoms with Crippen LogP contribution in [0.3, 0.4) is 0 Å². The SMILES string of the molecule is CC.CCC.CCCc1cnc(NC)nc1C(C)(CC)CC. The molecule has 1 N–H and O–H groups in total. The molecule has 1 aromatic heterocycles. The van der Waals surface area contributed by atoms with Crippen LogP contribution in [-0.2, 0) is 11.8 Å². The molecule has 3 nitrogen and oxygen atoms in total. The average molecular weight is 310 g/mol. The van der Waals surface area contributed by atoms with Crippen molar-refractivity contribution in [1.82, 2.24) is 9.97 Å². The minimum Gasteiger partial charge on any atom is -0.357 e. The number of anilines is 1. The van der Waals surface area contributed by atoms with Crippen LogP contribution in [0.1, 0.15) is 92.3 Å². The van der Waals surface area contributed by atoms with Gasteiger partial charge in [-0.15, -0.1) is 0 Å². The van der Waals surface area contributed by atoms with Crippen molar-refractivity contribution in [3.8, 4) is 0 Å². The van der Waals surface area contributed by atoms with Gasteiger partial charge in [-0.1, -0.05) is 68.2 Å². The number of nitrogens with zero attached hydrogens (tertiary/aromatic N) is 2. The molecule has 0 spiro atoms. The van der Waals surface area contributed by atoms with Gasteiger partial charge in [0.2, 0.25) is 5.95 Å². The van der Waals surface area contributed by atoms with Gasteiger partial charge in [-0.05, 0) is 24.8 Å². The molecule has 1 aromatic rings. The van der Waals surface area contributed by atoms with E-state index in [9.17, 15) is 0 Å². The summed E-state index contributed by atoms with van der Waals surface area (Å²) in [7, 11) is 1.87. The molecule has 0 atom stereocenters. The Balaban J connectivity index is 0. The minimum absolute atomic E-state index is 0.166. The second-order valence-corrected chi connectivity index (χ2v) is 5.54. The Morgan fingerprint density at radius 1 is 1.05 bits per heavy atom. The summed E-state index contributed by atoms with van der Waals surface area (Å²) in [4.78, 5) is 9.04. The summed E-state index contributed by atoms with van der Waals surface area (Å²) in [6, 6.07) is 0. The number of nitrogens with one attached hydrogen (secondary N) is 1. The van der Waals surface area contributed by atoms with Crippen molar-refractivity contribution >= 4 is 5.95 Å². The lowest BCUT2D eigenvalue weighted by atomic mass is 9.79. The molecule has 22 heavy (non-hydrogen) atoms. The third-order valence-electron chi connectivity index (χ3n) is 3.74. The third-order valence-corrected chi connectivity index (χ3v) is 3.74. The van der Waals surface area contributed by atoms with Crippen molar-refractivity contribution in [1.29, 1.82) is 0 Å². The Hall–Kier alpha value is -1.12. The Bertz CT molecular complexity index is 371. The summed E-state index contributed by atoms with van der Waals surface area (Å²) in [6.45, 7) is 17.2. The second kappa shape index (κ2) is 13.5. The summed E-state index contributed by atoms with van der Waals surface area (Å²) >= 11 is 0.